The van der Waals surface area contributed by atoms with Gasteiger partial charge in [-0.3, -0.25) is 4.79 Å². The zero-order valence-electron chi connectivity index (χ0n) is 14.9. The van der Waals surface area contributed by atoms with E-state index in [0.717, 1.165) is 5.56 Å². The van der Waals surface area contributed by atoms with Crippen molar-refractivity contribution >= 4 is 23.7 Å². The number of carbonyl (C=O) groups is 1. The number of benzene rings is 3. The predicted molar refractivity (Wildman–Crippen MR) is 110 cm³/mol. The van der Waals surface area contributed by atoms with E-state index in [-0.39, 0.29) is 6.16 Å². The Bertz CT molecular complexity index is 892. The molecular weight excluding hydrogens is 355 g/mol. The van der Waals surface area contributed by atoms with Gasteiger partial charge in [0.1, 0.15) is 6.16 Å². The number of carbonyl (C=O) groups excluding carboxylic acids is 1. The summed E-state index contributed by atoms with van der Waals surface area (Å²) in [7, 11) is -3.10. The Morgan fingerprint density at radius 3 is 1.78 bits per heavy atom. The van der Waals surface area contributed by atoms with Crippen LogP contribution in [-0.4, -0.2) is 12.1 Å². The summed E-state index contributed by atoms with van der Waals surface area (Å²) in [5.41, 5.74) is 1.13. The van der Waals surface area contributed by atoms with Gasteiger partial charge in [0.05, 0.1) is 6.26 Å². The lowest BCUT2D eigenvalue weighted by Gasteiger charge is -2.18. The van der Waals surface area contributed by atoms with Crippen molar-refractivity contribution in [1.82, 2.24) is 0 Å². The number of hydrogen-bond acceptors (Lipinski definition) is 3. The minimum atomic E-state index is -3.10. The first-order valence-corrected chi connectivity index (χ1v) is 10.7. The maximum atomic E-state index is 13.8. The Labute approximate surface area is 159 Å². The van der Waals surface area contributed by atoms with E-state index in [1.165, 1.54) is 6.26 Å². The summed E-state index contributed by atoms with van der Waals surface area (Å²) >= 11 is 0. The summed E-state index contributed by atoms with van der Waals surface area (Å²) < 4.78 is 19.0. The van der Waals surface area contributed by atoms with E-state index >= 15 is 0 Å². The Morgan fingerprint density at radius 2 is 1.26 bits per heavy atom. The molecule has 3 rings (SSSR count). The second kappa shape index (κ2) is 9.16. The lowest BCUT2D eigenvalue weighted by molar-refractivity contribution is -0.135. The summed E-state index contributed by atoms with van der Waals surface area (Å²) in [6.45, 7) is 0. The second-order valence-corrected chi connectivity index (χ2v) is 8.95. The highest BCUT2D eigenvalue weighted by molar-refractivity contribution is 7.79. The summed E-state index contributed by atoms with van der Waals surface area (Å²) in [5.74, 6) is -0.504. The number of esters is 1. The van der Waals surface area contributed by atoms with E-state index in [4.69, 9.17) is 4.74 Å². The molecule has 0 saturated heterocycles. The van der Waals surface area contributed by atoms with Crippen LogP contribution in [0.15, 0.2) is 103 Å². The van der Waals surface area contributed by atoms with Crippen molar-refractivity contribution in [3.8, 4) is 0 Å². The molecular formula is C23H21O3P. The van der Waals surface area contributed by atoms with Crippen molar-refractivity contribution in [2.45, 2.75) is 6.42 Å². The van der Waals surface area contributed by atoms with Crippen LogP contribution in [-0.2, 0) is 20.5 Å². The van der Waals surface area contributed by atoms with Crippen LogP contribution in [0, 0.1) is 0 Å². The first kappa shape index (κ1) is 18.9. The van der Waals surface area contributed by atoms with Crippen molar-refractivity contribution < 1.29 is 14.1 Å². The number of rotatable bonds is 7. The monoisotopic (exact) mass is 376 g/mol. The molecule has 0 radical (unpaired) electrons. The summed E-state index contributed by atoms with van der Waals surface area (Å²) in [6, 6.07) is 28.1. The first-order valence-electron chi connectivity index (χ1n) is 8.77. The molecule has 136 valence electrons. The lowest BCUT2D eigenvalue weighted by Crippen LogP contribution is -2.22. The third-order valence-electron chi connectivity index (χ3n) is 4.19. The fourth-order valence-corrected chi connectivity index (χ4v) is 5.22. The lowest BCUT2D eigenvalue weighted by atomic mass is 10.2. The van der Waals surface area contributed by atoms with Gasteiger partial charge in [0.2, 0.25) is 0 Å². The summed E-state index contributed by atoms with van der Waals surface area (Å²) in [6.07, 6.45) is 3.67. The van der Waals surface area contributed by atoms with Crippen LogP contribution in [0.5, 0.6) is 0 Å². The molecule has 0 atom stereocenters. The second-order valence-electron chi connectivity index (χ2n) is 6.12. The molecule has 3 aromatic carbocycles. The van der Waals surface area contributed by atoms with Gasteiger partial charge in [-0.1, -0.05) is 91.0 Å². The smallest absolute Gasteiger partial charge is 0.318 e. The standard InChI is InChI=1S/C23H21O3P/c24-23(26-18-10-13-20-11-4-1-5-12-20)19-27(25,21-14-6-2-7-15-21)22-16-8-3-9-17-22/h1-12,14-18H,13,19H2/b18-10+. The topological polar surface area (TPSA) is 43.4 Å². The molecule has 0 amide bonds. The Hall–Kier alpha value is -2.90. The van der Waals surface area contributed by atoms with E-state index in [2.05, 4.69) is 0 Å². The van der Waals surface area contributed by atoms with Gasteiger partial charge in [-0.05, 0) is 18.1 Å². The summed E-state index contributed by atoms with van der Waals surface area (Å²) in [5, 5.41) is 1.31. The van der Waals surface area contributed by atoms with E-state index < -0.39 is 13.1 Å². The minimum Gasteiger partial charge on any atom is -0.434 e. The molecule has 3 nitrogen and oxygen atoms in total. The van der Waals surface area contributed by atoms with Gasteiger partial charge in [0.25, 0.3) is 0 Å². The molecule has 0 aliphatic carbocycles. The van der Waals surface area contributed by atoms with E-state index in [9.17, 15) is 9.36 Å². The molecule has 0 unspecified atom stereocenters. The molecule has 0 fully saturated rings. The molecule has 27 heavy (non-hydrogen) atoms. The fraction of sp³-hybridized carbons (Fsp3) is 0.0870. The zero-order valence-corrected chi connectivity index (χ0v) is 15.8. The zero-order chi connectivity index (χ0) is 19.0. The van der Waals surface area contributed by atoms with Crippen molar-refractivity contribution in [3.63, 3.8) is 0 Å². The van der Waals surface area contributed by atoms with E-state index in [0.29, 0.717) is 17.0 Å². The number of allylic oxidation sites excluding steroid dienone is 1. The SMILES string of the molecule is O=C(CP(=O)(c1ccccc1)c1ccccc1)O/C=C/Cc1ccccc1. The quantitative estimate of drug-likeness (QED) is 0.351. The fourth-order valence-electron chi connectivity index (χ4n) is 2.81. The number of hydrogen-bond donors (Lipinski definition) is 0. The predicted octanol–water partition coefficient (Wildman–Crippen LogP) is 4.30. The van der Waals surface area contributed by atoms with Crippen LogP contribution >= 0.6 is 7.14 Å². The van der Waals surface area contributed by atoms with Crippen molar-refractivity contribution in [2.75, 3.05) is 6.16 Å². The molecule has 0 heterocycles. The van der Waals surface area contributed by atoms with Gasteiger partial charge in [0, 0.05) is 10.6 Å². The van der Waals surface area contributed by atoms with Crippen LogP contribution in [0.3, 0.4) is 0 Å². The molecule has 0 saturated carbocycles. The van der Waals surface area contributed by atoms with Crippen LogP contribution in [0.4, 0.5) is 0 Å². The van der Waals surface area contributed by atoms with E-state index in [1.54, 1.807) is 30.3 Å². The van der Waals surface area contributed by atoms with Gasteiger partial charge >= 0.3 is 5.97 Å². The van der Waals surface area contributed by atoms with Crippen LogP contribution in [0.25, 0.3) is 0 Å². The molecule has 0 bridgehead atoms. The van der Waals surface area contributed by atoms with Crippen LogP contribution in [0.2, 0.25) is 0 Å². The number of ether oxygens (including phenoxy) is 1. The van der Waals surface area contributed by atoms with Gasteiger partial charge < -0.3 is 9.30 Å². The normalized spacial score (nSPS) is 11.4. The molecule has 3 aromatic rings. The van der Waals surface area contributed by atoms with Gasteiger partial charge in [-0.15, -0.1) is 0 Å². The molecule has 0 N–H and O–H groups in total. The average molecular weight is 376 g/mol. The molecule has 0 aliphatic heterocycles. The van der Waals surface area contributed by atoms with Crippen molar-refractivity contribution in [3.05, 3.63) is 109 Å². The highest BCUT2D eigenvalue weighted by Crippen LogP contribution is 2.43. The average Bonchev–Trinajstić information content (AvgIpc) is 2.73. The van der Waals surface area contributed by atoms with Gasteiger partial charge in [-0.25, -0.2) is 0 Å². The Balaban J connectivity index is 1.71. The highest BCUT2D eigenvalue weighted by Gasteiger charge is 2.30. The van der Waals surface area contributed by atoms with Gasteiger partial charge in [0.15, 0.2) is 7.14 Å². The van der Waals surface area contributed by atoms with Crippen LogP contribution < -0.4 is 10.6 Å². The third-order valence-corrected chi connectivity index (χ3v) is 7.16. The van der Waals surface area contributed by atoms with E-state index in [1.807, 2.05) is 66.7 Å². The van der Waals surface area contributed by atoms with Crippen LogP contribution in [0.1, 0.15) is 5.56 Å². The van der Waals surface area contributed by atoms with Gasteiger partial charge in [-0.2, -0.15) is 0 Å². The van der Waals surface area contributed by atoms with Crippen molar-refractivity contribution in [2.24, 2.45) is 0 Å². The first-order chi connectivity index (χ1) is 13.2. The van der Waals surface area contributed by atoms with Crippen molar-refractivity contribution in [1.29, 1.82) is 0 Å². The highest BCUT2D eigenvalue weighted by atomic mass is 31.2. The molecule has 0 aromatic heterocycles. The molecule has 0 spiro atoms. The maximum Gasteiger partial charge on any atom is 0.318 e. The molecule has 4 heteroatoms. The third kappa shape index (κ3) is 5.06. The maximum absolute atomic E-state index is 13.8. The largest absolute Gasteiger partial charge is 0.434 e. The Kier molecular flexibility index (Phi) is 6.40. The minimum absolute atomic E-state index is 0.170. The summed E-state index contributed by atoms with van der Waals surface area (Å²) in [4.78, 5) is 12.4. The molecule has 0 aliphatic rings. The Morgan fingerprint density at radius 1 is 0.778 bits per heavy atom.